The number of hydrogen-bond donors (Lipinski definition) is 0. The highest BCUT2D eigenvalue weighted by atomic mass is 35.5. The third-order valence-electron chi connectivity index (χ3n) is 6.69. The largest absolute Gasteiger partial charge is 0.297 e. The Morgan fingerprint density at radius 1 is 0.833 bits per heavy atom. The summed E-state index contributed by atoms with van der Waals surface area (Å²) in [5.41, 5.74) is 3.68. The summed E-state index contributed by atoms with van der Waals surface area (Å²) in [5, 5.41) is 13.7. The van der Waals surface area contributed by atoms with Gasteiger partial charge in [0.15, 0.2) is 5.82 Å². The molecule has 4 aromatic rings. The molecule has 2 heterocycles. The molecule has 1 unspecified atom stereocenters. The Hall–Kier alpha value is -3.32. The molecule has 184 valence electrons. The lowest BCUT2D eigenvalue weighted by molar-refractivity contribution is 0.112. The number of halogens is 1. The summed E-state index contributed by atoms with van der Waals surface area (Å²) < 4.78 is 1.96. The van der Waals surface area contributed by atoms with Crippen LogP contribution in [0.3, 0.4) is 0 Å². The van der Waals surface area contributed by atoms with Crippen LogP contribution in [0.2, 0.25) is 5.02 Å². The van der Waals surface area contributed by atoms with E-state index < -0.39 is 0 Å². The fourth-order valence-corrected chi connectivity index (χ4v) is 4.84. The van der Waals surface area contributed by atoms with Crippen LogP contribution in [0.25, 0.3) is 6.08 Å². The van der Waals surface area contributed by atoms with Crippen molar-refractivity contribution in [2.75, 3.05) is 32.7 Å². The van der Waals surface area contributed by atoms with Gasteiger partial charge in [-0.05, 0) is 45.7 Å². The maximum absolute atomic E-state index is 6.05. The van der Waals surface area contributed by atoms with Gasteiger partial charge >= 0.3 is 0 Å². The van der Waals surface area contributed by atoms with Gasteiger partial charge in [0, 0.05) is 44.3 Å². The molecular formula is C29H31ClN6. The first-order valence-electron chi connectivity index (χ1n) is 12.5. The molecule has 0 radical (unpaired) electrons. The highest BCUT2D eigenvalue weighted by Crippen LogP contribution is 2.28. The van der Waals surface area contributed by atoms with Gasteiger partial charge in [-0.1, -0.05) is 96.5 Å². The number of nitrogens with zero attached hydrogens (tertiary/aromatic N) is 6. The van der Waals surface area contributed by atoms with Crippen molar-refractivity contribution in [1.29, 1.82) is 0 Å². The second-order valence-corrected chi connectivity index (χ2v) is 9.54. The van der Waals surface area contributed by atoms with Crippen molar-refractivity contribution in [3.8, 4) is 0 Å². The fraction of sp³-hybridized carbons (Fsp3) is 0.276. The van der Waals surface area contributed by atoms with Gasteiger partial charge in [-0.15, -0.1) is 5.10 Å². The summed E-state index contributed by atoms with van der Waals surface area (Å²) in [4.78, 5) is 5.01. The van der Waals surface area contributed by atoms with E-state index in [1.165, 1.54) is 16.7 Å². The van der Waals surface area contributed by atoms with Crippen molar-refractivity contribution < 1.29 is 0 Å². The number of hydrogen-bond acceptors (Lipinski definition) is 5. The molecule has 0 spiro atoms. The molecule has 1 aliphatic heterocycles. The standard InChI is InChI=1S/C29H31ClN6/c30-27-15-13-25(14-16-27)17-19-36-29(31-32-33-36)28(26-11-5-2-6-12-26)35-22-20-34(21-23-35)18-7-10-24-8-3-1-4-9-24/h1-16,28H,17-23H2/b10-7+. The van der Waals surface area contributed by atoms with Crippen molar-refractivity contribution in [3.63, 3.8) is 0 Å². The molecule has 36 heavy (non-hydrogen) atoms. The lowest BCUT2D eigenvalue weighted by Crippen LogP contribution is -2.48. The van der Waals surface area contributed by atoms with Crippen LogP contribution >= 0.6 is 11.6 Å². The highest BCUT2D eigenvalue weighted by molar-refractivity contribution is 6.30. The number of rotatable bonds is 9. The lowest BCUT2D eigenvalue weighted by atomic mass is 10.0. The minimum Gasteiger partial charge on any atom is -0.297 e. The van der Waals surface area contributed by atoms with Gasteiger partial charge < -0.3 is 0 Å². The SMILES string of the molecule is Clc1ccc(CCn2nnnc2C(c2ccccc2)N2CCN(C/C=C/c3ccccc3)CC2)cc1. The van der Waals surface area contributed by atoms with Crippen molar-refractivity contribution >= 4 is 17.7 Å². The summed E-state index contributed by atoms with van der Waals surface area (Å²) >= 11 is 6.05. The summed E-state index contributed by atoms with van der Waals surface area (Å²) in [6, 6.07) is 29.1. The summed E-state index contributed by atoms with van der Waals surface area (Å²) in [5.74, 6) is 0.896. The maximum atomic E-state index is 6.05. The van der Waals surface area contributed by atoms with Gasteiger partial charge in [-0.25, -0.2) is 4.68 Å². The first-order valence-corrected chi connectivity index (χ1v) is 12.9. The van der Waals surface area contributed by atoms with Crippen molar-refractivity contribution in [1.82, 2.24) is 30.0 Å². The van der Waals surface area contributed by atoms with Crippen LogP contribution in [0.4, 0.5) is 0 Å². The van der Waals surface area contributed by atoms with Crippen LogP contribution in [-0.2, 0) is 13.0 Å². The van der Waals surface area contributed by atoms with Gasteiger partial charge in [-0.2, -0.15) is 0 Å². The Bertz CT molecular complexity index is 1230. The second kappa shape index (κ2) is 12.1. The van der Waals surface area contributed by atoms with Crippen LogP contribution in [0, 0.1) is 0 Å². The minimum absolute atomic E-state index is 0.0217. The molecular weight excluding hydrogens is 468 g/mol. The average Bonchev–Trinajstić information content (AvgIpc) is 3.39. The molecule has 1 aromatic heterocycles. The third kappa shape index (κ3) is 6.26. The Labute approximate surface area is 217 Å². The molecule has 1 atom stereocenters. The predicted octanol–water partition coefficient (Wildman–Crippen LogP) is 4.99. The molecule has 3 aromatic carbocycles. The van der Waals surface area contributed by atoms with Gasteiger partial charge in [0.2, 0.25) is 0 Å². The van der Waals surface area contributed by atoms with Crippen LogP contribution in [0.1, 0.15) is 28.6 Å². The number of tetrazole rings is 1. The lowest BCUT2D eigenvalue weighted by Gasteiger charge is -2.38. The summed E-state index contributed by atoms with van der Waals surface area (Å²) in [6.07, 6.45) is 5.31. The van der Waals surface area contributed by atoms with Gasteiger partial charge in [-0.3, -0.25) is 9.80 Å². The Kier molecular flexibility index (Phi) is 8.18. The topological polar surface area (TPSA) is 50.1 Å². The van der Waals surface area contributed by atoms with Crippen LogP contribution < -0.4 is 0 Å². The number of aryl methyl sites for hydroxylation is 2. The number of benzene rings is 3. The predicted molar refractivity (Wildman–Crippen MR) is 145 cm³/mol. The average molecular weight is 499 g/mol. The molecule has 0 N–H and O–H groups in total. The molecule has 5 rings (SSSR count). The van der Waals surface area contributed by atoms with E-state index in [1.807, 2.05) is 22.9 Å². The molecule has 0 amide bonds. The van der Waals surface area contributed by atoms with Gasteiger partial charge in [0.05, 0.1) is 6.04 Å². The van der Waals surface area contributed by atoms with E-state index in [4.69, 9.17) is 11.6 Å². The molecule has 0 bridgehead atoms. The van der Waals surface area contributed by atoms with Gasteiger partial charge in [0.1, 0.15) is 0 Å². The summed E-state index contributed by atoms with van der Waals surface area (Å²) in [6.45, 7) is 5.62. The van der Waals surface area contributed by atoms with Crippen molar-refractivity contribution in [2.24, 2.45) is 0 Å². The van der Waals surface area contributed by atoms with Crippen LogP contribution in [-0.4, -0.2) is 62.7 Å². The van der Waals surface area contributed by atoms with E-state index in [-0.39, 0.29) is 6.04 Å². The Morgan fingerprint density at radius 3 is 2.25 bits per heavy atom. The fourth-order valence-electron chi connectivity index (χ4n) is 4.72. The van der Waals surface area contributed by atoms with E-state index in [0.29, 0.717) is 0 Å². The normalized spacial score (nSPS) is 15.9. The van der Waals surface area contributed by atoms with Gasteiger partial charge in [0.25, 0.3) is 0 Å². The van der Waals surface area contributed by atoms with E-state index >= 15 is 0 Å². The molecule has 6 nitrogen and oxygen atoms in total. The first kappa shape index (κ1) is 24.4. The van der Waals surface area contributed by atoms with Crippen molar-refractivity contribution in [2.45, 2.75) is 19.0 Å². The van der Waals surface area contributed by atoms with E-state index in [2.05, 4.69) is 104 Å². The molecule has 7 heteroatoms. The zero-order valence-electron chi connectivity index (χ0n) is 20.3. The third-order valence-corrected chi connectivity index (χ3v) is 6.94. The number of piperazine rings is 1. The van der Waals surface area contributed by atoms with Crippen molar-refractivity contribution in [3.05, 3.63) is 119 Å². The second-order valence-electron chi connectivity index (χ2n) is 9.10. The Balaban J connectivity index is 1.27. The molecule has 0 aliphatic carbocycles. The molecule has 0 saturated carbocycles. The quantitative estimate of drug-likeness (QED) is 0.325. The molecule has 1 fully saturated rings. The summed E-state index contributed by atoms with van der Waals surface area (Å²) in [7, 11) is 0. The van der Waals surface area contributed by atoms with Crippen LogP contribution in [0.5, 0.6) is 0 Å². The van der Waals surface area contributed by atoms with E-state index in [1.54, 1.807) is 0 Å². The zero-order valence-corrected chi connectivity index (χ0v) is 21.1. The monoisotopic (exact) mass is 498 g/mol. The van der Waals surface area contributed by atoms with E-state index in [9.17, 15) is 0 Å². The van der Waals surface area contributed by atoms with E-state index in [0.717, 1.165) is 56.5 Å². The smallest absolute Gasteiger partial charge is 0.173 e. The molecule has 1 aliphatic rings. The maximum Gasteiger partial charge on any atom is 0.173 e. The van der Waals surface area contributed by atoms with Crippen LogP contribution in [0.15, 0.2) is 91.0 Å². The minimum atomic E-state index is 0.0217. The Morgan fingerprint density at radius 2 is 1.53 bits per heavy atom. The number of aromatic nitrogens is 4. The zero-order chi connectivity index (χ0) is 24.6. The first-order chi connectivity index (χ1) is 17.8. The highest BCUT2D eigenvalue weighted by Gasteiger charge is 2.30. The molecule has 1 saturated heterocycles.